The van der Waals surface area contributed by atoms with E-state index in [0.29, 0.717) is 0 Å². The molecule has 0 saturated carbocycles. The number of hydrogen-bond acceptors (Lipinski definition) is 0. The van der Waals surface area contributed by atoms with Crippen molar-refractivity contribution in [1.29, 1.82) is 0 Å². The van der Waals surface area contributed by atoms with Gasteiger partial charge in [0, 0.05) is 32.7 Å². The van der Waals surface area contributed by atoms with Gasteiger partial charge in [0.05, 0.1) is 0 Å². The van der Waals surface area contributed by atoms with Gasteiger partial charge in [-0.15, -0.1) is 23.8 Å². The van der Waals surface area contributed by atoms with Gasteiger partial charge in [0.1, 0.15) is 0 Å². The minimum Gasteiger partial charge on any atom is -0.209 e. The summed E-state index contributed by atoms with van der Waals surface area (Å²) in [5.41, 5.74) is 9.36. The monoisotopic (exact) mass is 569 g/mol. The van der Waals surface area contributed by atoms with E-state index in [0.717, 1.165) is 16.7 Å². The fourth-order valence-corrected chi connectivity index (χ4v) is 5.55. The summed E-state index contributed by atoms with van der Waals surface area (Å²) in [6, 6.07) is 58.7. The molecule has 7 rings (SSSR count). The first-order valence-electron chi connectivity index (χ1n) is 13.0. The first-order chi connectivity index (χ1) is 18.9. The standard InChI is InChI=1S/C38H24.Y/c1-3-13-27(14-4-1)29-17-11-19-31(25-29)37-33-21-7-9-23-35(33)38(36-24-10-8-22-34(36)37)32-20-12-18-30(26-32)28-15-5-2-6-16-28;/h1-15,17-25H;/q-2;. The molecular formula is C38H24Y-2. The van der Waals surface area contributed by atoms with Crippen LogP contribution < -0.4 is 0 Å². The van der Waals surface area contributed by atoms with Crippen LogP contribution in [0.25, 0.3) is 66.1 Å². The molecule has 7 aromatic carbocycles. The summed E-state index contributed by atoms with van der Waals surface area (Å²) in [4.78, 5) is 0. The maximum atomic E-state index is 3.72. The molecule has 1 radical (unpaired) electrons. The predicted octanol–water partition coefficient (Wildman–Crippen LogP) is 10.3. The molecule has 0 amide bonds. The minimum absolute atomic E-state index is 0. The van der Waals surface area contributed by atoms with Gasteiger partial charge in [-0.25, -0.2) is 5.56 Å². The molecule has 0 heterocycles. The summed E-state index contributed by atoms with van der Waals surface area (Å²) in [6.07, 6.45) is 0. The molecule has 0 N–H and O–H groups in total. The topological polar surface area (TPSA) is 0 Å². The molecule has 181 valence electrons. The Morgan fingerprint density at radius 1 is 0.359 bits per heavy atom. The molecule has 0 aliphatic rings. The van der Waals surface area contributed by atoms with Crippen LogP contribution in [0.4, 0.5) is 0 Å². The molecule has 0 spiro atoms. The van der Waals surface area contributed by atoms with Crippen LogP contribution in [0.2, 0.25) is 0 Å². The Labute approximate surface area is 254 Å². The molecule has 0 unspecified atom stereocenters. The van der Waals surface area contributed by atoms with Gasteiger partial charge in [0.2, 0.25) is 0 Å². The van der Waals surface area contributed by atoms with Crippen LogP contribution in [0.1, 0.15) is 0 Å². The van der Waals surface area contributed by atoms with Crippen molar-refractivity contribution in [2.24, 2.45) is 0 Å². The minimum atomic E-state index is 0. The van der Waals surface area contributed by atoms with E-state index < -0.39 is 0 Å². The van der Waals surface area contributed by atoms with Crippen LogP contribution in [0.3, 0.4) is 0 Å². The van der Waals surface area contributed by atoms with E-state index in [4.69, 9.17) is 0 Å². The smallest absolute Gasteiger partial charge is 0 e. The van der Waals surface area contributed by atoms with E-state index in [1.807, 2.05) is 12.1 Å². The van der Waals surface area contributed by atoms with Gasteiger partial charge in [-0.1, -0.05) is 103 Å². The fourth-order valence-electron chi connectivity index (χ4n) is 5.55. The number of benzene rings is 7. The summed E-state index contributed by atoms with van der Waals surface area (Å²) in [5.74, 6) is 0. The molecule has 0 aliphatic heterocycles. The van der Waals surface area contributed by atoms with Crippen molar-refractivity contribution in [1.82, 2.24) is 0 Å². The third-order valence-corrected chi connectivity index (χ3v) is 7.25. The Bertz CT molecular complexity index is 1710. The second kappa shape index (κ2) is 11.1. The summed E-state index contributed by atoms with van der Waals surface area (Å²) in [7, 11) is 0. The van der Waals surface area contributed by atoms with E-state index in [2.05, 4.69) is 146 Å². The zero-order valence-electron chi connectivity index (χ0n) is 21.4. The van der Waals surface area contributed by atoms with Crippen molar-refractivity contribution < 1.29 is 32.7 Å². The summed E-state index contributed by atoms with van der Waals surface area (Å²) in [6.45, 7) is 0. The van der Waals surface area contributed by atoms with Gasteiger partial charge in [-0.05, 0) is 49.9 Å². The molecule has 0 aromatic heterocycles. The maximum Gasteiger partial charge on any atom is 0 e. The number of hydrogen-bond donors (Lipinski definition) is 0. The second-order valence-corrected chi connectivity index (χ2v) is 9.54. The Kier molecular flexibility index (Phi) is 7.25. The van der Waals surface area contributed by atoms with Crippen molar-refractivity contribution in [3.8, 4) is 44.5 Å². The molecule has 7 aromatic rings. The van der Waals surface area contributed by atoms with Gasteiger partial charge in [0.15, 0.2) is 0 Å². The Hall–Kier alpha value is -3.84. The Morgan fingerprint density at radius 3 is 1.54 bits per heavy atom. The molecule has 0 saturated heterocycles. The van der Waals surface area contributed by atoms with Crippen LogP contribution in [0.15, 0.2) is 146 Å². The van der Waals surface area contributed by atoms with Gasteiger partial charge in [-0.2, -0.15) is 42.0 Å². The van der Waals surface area contributed by atoms with E-state index in [1.54, 1.807) is 0 Å². The quantitative estimate of drug-likeness (QED) is 0.146. The van der Waals surface area contributed by atoms with Crippen molar-refractivity contribution in [2.45, 2.75) is 0 Å². The van der Waals surface area contributed by atoms with Gasteiger partial charge in [-0.3, -0.25) is 0 Å². The largest absolute Gasteiger partial charge is 0.209 e. The van der Waals surface area contributed by atoms with E-state index in [1.165, 1.54) is 49.4 Å². The van der Waals surface area contributed by atoms with Gasteiger partial charge >= 0.3 is 0 Å². The van der Waals surface area contributed by atoms with Crippen LogP contribution in [-0.2, 0) is 32.7 Å². The average Bonchev–Trinajstić information content (AvgIpc) is 3.01. The van der Waals surface area contributed by atoms with E-state index in [-0.39, 0.29) is 32.7 Å². The van der Waals surface area contributed by atoms with Crippen molar-refractivity contribution in [3.05, 3.63) is 158 Å². The second-order valence-electron chi connectivity index (χ2n) is 9.54. The molecule has 0 nitrogen and oxygen atoms in total. The first-order valence-corrected chi connectivity index (χ1v) is 13.0. The third kappa shape index (κ3) is 4.76. The number of fused-ring (bicyclic) bond motifs is 2. The normalized spacial score (nSPS) is 10.9. The zero-order chi connectivity index (χ0) is 25.3. The van der Waals surface area contributed by atoms with Gasteiger partial charge < -0.3 is 0 Å². The van der Waals surface area contributed by atoms with Gasteiger partial charge in [0.25, 0.3) is 0 Å². The fraction of sp³-hybridized carbons (Fsp3) is 0. The molecular weight excluding hydrogens is 545 g/mol. The van der Waals surface area contributed by atoms with Crippen molar-refractivity contribution in [3.63, 3.8) is 0 Å². The van der Waals surface area contributed by atoms with Crippen molar-refractivity contribution in [2.75, 3.05) is 0 Å². The van der Waals surface area contributed by atoms with Crippen LogP contribution in [0, 0.1) is 12.1 Å². The molecule has 39 heavy (non-hydrogen) atoms. The van der Waals surface area contributed by atoms with E-state index >= 15 is 0 Å². The first kappa shape index (κ1) is 25.4. The van der Waals surface area contributed by atoms with Crippen LogP contribution >= 0.6 is 0 Å². The molecule has 0 fully saturated rings. The maximum absolute atomic E-state index is 3.72. The summed E-state index contributed by atoms with van der Waals surface area (Å²) in [5, 5.41) is 4.96. The molecule has 0 bridgehead atoms. The SMILES string of the molecule is [Y].[c-]1ccccc1-c1[c-]c(-c2c3ccccc3c(-c3cccc(-c4ccccc4)c3)c3ccccc23)ccc1. The summed E-state index contributed by atoms with van der Waals surface area (Å²) >= 11 is 0. The van der Waals surface area contributed by atoms with Crippen LogP contribution in [-0.4, -0.2) is 0 Å². The Morgan fingerprint density at radius 2 is 0.872 bits per heavy atom. The van der Waals surface area contributed by atoms with E-state index in [9.17, 15) is 0 Å². The molecule has 0 atom stereocenters. The Balaban J connectivity index is 0.00000277. The van der Waals surface area contributed by atoms with Crippen LogP contribution in [0.5, 0.6) is 0 Å². The number of rotatable bonds is 4. The third-order valence-electron chi connectivity index (χ3n) is 7.25. The summed E-state index contributed by atoms with van der Waals surface area (Å²) < 4.78 is 0. The van der Waals surface area contributed by atoms with Crippen molar-refractivity contribution >= 4 is 21.5 Å². The predicted molar refractivity (Wildman–Crippen MR) is 161 cm³/mol. The molecule has 0 aliphatic carbocycles. The average molecular weight is 570 g/mol. The zero-order valence-corrected chi connectivity index (χ0v) is 24.3. The molecule has 1 heteroatoms.